The minimum Gasteiger partial charge on any atom is -0.494 e. The molecule has 14 nitrogen and oxygen atoms in total. The number of esters is 2. The van der Waals surface area contributed by atoms with Crippen molar-refractivity contribution in [3.05, 3.63) is 129 Å². The van der Waals surface area contributed by atoms with Gasteiger partial charge in [-0.2, -0.15) is 0 Å². The van der Waals surface area contributed by atoms with E-state index in [9.17, 15) is 9.59 Å². The fourth-order valence-electron chi connectivity index (χ4n) is 9.77. The SMILES string of the molecule is C#C/C(CO[Si](C)(C)C(C)(C)C)=C(/C#Cc1c2nc(c(-c3ccc(OCCCC(=O)OCC)cc3)c3ccc([nH]3)c(C#C/C(CO[Si](C)(C)C(C)(C)C)=C(/C#C)CO[Si](C)(C)C(C)(C)C)c3nc(c(-c4ccc(OCCCC(=O)OCC)cc4)c4ccc1[nH]4)C=C3)C=C2)CO[Si](C)(C)C(C)(C)C. The largest absolute Gasteiger partial charge is 0.494 e. The Hall–Kier alpha value is -7.99. The lowest BCUT2D eigenvalue weighted by Gasteiger charge is -2.37. The van der Waals surface area contributed by atoms with E-state index in [1.54, 1.807) is 13.8 Å². The van der Waals surface area contributed by atoms with Crippen LogP contribution in [0.2, 0.25) is 72.5 Å². The van der Waals surface area contributed by atoms with Crippen molar-refractivity contribution < 1.29 is 46.2 Å². The Morgan fingerprint density at radius 1 is 0.422 bits per heavy atom. The van der Waals surface area contributed by atoms with E-state index in [1.165, 1.54) is 0 Å². The fourth-order valence-corrected chi connectivity index (χ4v) is 13.5. The van der Waals surface area contributed by atoms with Crippen molar-refractivity contribution in [2.45, 2.75) is 195 Å². The van der Waals surface area contributed by atoms with Gasteiger partial charge < -0.3 is 46.6 Å². The van der Waals surface area contributed by atoms with Crippen LogP contribution in [0.25, 0.3) is 68.6 Å². The van der Waals surface area contributed by atoms with Crippen LogP contribution >= 0.6 is 0 Å². The lowest BCUT2D eigenvalue weighted by molar-refractivity contribution is -0.144. The highest BCUT2D eigenvalue weighted by atomic mass is 28.4. The summed E-state index contributed by atoms with van der Waals surface area (Å²) in [5.41, 5.74) is 12.5. The van der Waals surface area contributed by atoms with Gasteiger partial charge in [-0.3, -0.25) is 9.59 Å². The van der Waals surface area contributed by atoms with Gasteiger partial charge in [-0.15, -0.1) is 12.8 Å². The fraction of sp³-hybridized carbons (Fsp3) is 0.452. The van der Waals surface area contributed by atoms with Gasteiger partial charge in [-0.25, -0.2) is 9.97 Å². The van der Waals surface area contributed by atoms with Gasteiger partial charge in [-0.1, -0.05) is 143 Å². The van der Waals surface area contributed by atoms with Gasteiger partial charge >= 0.3 is 11.9 Å². The molecular weight excluding hydrogens is 1340 g/mol. The van der Waals surface area contributed by atoms with E-state index >= 15 is 0 Å². The molecule has 542 valence electrons. The number of carbonyl (C=O) groups is 2. The predicted molar refractivity (Wildman–Crippen MR) is 431 cm³/mol. The summed E-state index contributed by atoms with van der Waals surface area (Å²) < 4.78 is 50.4. The second kappa shape index (κ2) is 34.1. The summed E-state index contributed by atoms with van der Waals surface area (Å²) in [5.74, 6) is 21.3. The molecule has 2 N–H and O–H groups in total. The number of terminal acetylenes is 2. The molecule has 0 saturated carbocycles. The molecule has 2 aliphatic rings. The number of aromatic nitrogens is 4. The molecule has 7 rings (SSSR count). The molecule has 18 heteroatoms. The Balaban J connectivity index is 1.60. The van der Waals surface area contributed by atoms with Gasteiger partial charge in [0.25, 0.3) is 0 Å². The first-order valence-electron chi connectivity index (χ1n) is 35.6. The summed E-state index contributed by atoms with van der Waals surface area (Å²) in [4.78, 5) is 43.2. The van der Waals surface area contributed by atoms with Crippen LogP contribution in [0.3, 0.4) is 0 Å². The number of fused-ring (bicyclic) bond motifs is 8. The van der Waals surface area contributed by atoms with Crippen molar-refractivity contribution >= 4 is 91.6 Å². The highest BCUT2D eigenvalue weighted by molar-refractivity contribution is 6.75. The van der Waals surface area contributed by atoms with Crippen LogP contribution in [0, 0.1) is 48.4 Å². The zero-order chi connectivity index (χ0) is 75.2. The maximum Gasteiger partial charge on any atom is 0.305 e. The molecule has 2 aromatic carbocycles. The Bertz CT molecular complexity index is 4100. The van der Waals surface area contributed by atoms with E-state index in [2.05, 4.69) is 181 Å². The summed E-state index contributed by atoms with van der Waals surface area (Å²) in [6.45, 7) is 50.2. The van der Waals surface area contributed by atoms with E-state index in [0.29, 0.717) is 118 Å². The summed E-state index contributed by atoms with van der Waals surface area (Å²) in [6, 6.07) is 23.9. The van der Waals surface area contributed by atoms with E-state index in [4.69, 9.17) is 59.5 Å². The van der Waals surface area contributed by atoms with Crippen LogP contribution in [-0.2, 0) is 36.8 Å². The van der Waals surface area contributed by atoms with Crippen molar-refractivity contribution in [2.75, 3.05) is 52.9 Å². The molecule has 102 heavy (non-hydrogen) atoms. The minimum absolute atomic E-state index is 0.0657. The Morgan fingerprint density at radius 2 is 0.716 bits per heavy atom. The third-order valence-corrected chi connectivity index (χ3v) is 38.4. The van der Waals surface area contributed by atoms with Crippen molar-refractivity contribution in [2.24, 2.45) is 0 Å². The molecule has 0 atom stereocenters. The lowest BCUT2D eigenvalue weighted by atomic mass is 10.0. The number of hydrogen-bond donors (Lipinski definition) is 2. The molecule has 8 bridgehead atoms. The van der Waals surface area contributed by atoms with Gasteiger partial charge in [0.15, 0.2) is 33.3 Å². The van der Waals surface area contributed by atoms with Crippen LogP contribution in [0.15, 0.2) is 95.1 Å². The standard InChI is InChI=1S/C84H110N4O10Si4/c1-25-59(55-95-99(17,18)81(5,6)7)63(57-97-101(21,22)83(11,12)13)37-43-67-69-45-49-73(85-69)79(61-33-39-65(40-34-61)93-53-29-31-77(89)91-27-3)75-51-47-71(87-75)68(44-38-64(58-98-102(23,24)84(14,15)16)60(26-2)56-96-100(19,20)82(8,9)10)72-48-52-76(88-72)80(74-50-46-70(67)86-74)62-35-41-66(42-36-62)94-54-30-32-78(90)92-28-4/h1-2,33-36,39-42,45-52,85,88H,27-32,53-58H2,3-24H3/b63-59+,64-60+,69-67?,70-67?,71-68?,72-68?,79-73?,79-75?,80-74?,80-76?. The number of hydrogen-bond acceptors (Lipinski definition) is 12. The summed E-state index contributed by atoms with van der Waals surface area (Å²) in [7, 11) is -9.24. The second-order valence-electron chi connectivity index (χ2n) is 32.0. The van der Waals surface area contributed by atoms with Gasteiger partial charge in [0.2, 0.25) is 0 Å². The zero-order valence-electron chi connectivity index (χ0n) is 64.9. The number of carbonyl (C=O) groups excluding carboxylic acids is 2. The van der Waals surface area contributed by atoms with Crippen molar-refractivity contribution in [3.63, 3.8) is 0 Å². The molecule has 5 heterocycles. The maximum atomic E-state index is 12.2. The Labute approximate surface area is 613 Å². The number of aromatic amines is 2. The van der Waals surface area contributed by atoms with Crippen LogP contribution < -0.4 is 9.47 Å². The molecule has 0 fully saturated rings. The first-order valence-corrected chi connectivity index (χ1v) is 47.3. The average molecular weight is 1450 g/mol. The number of benzene rings is 2. The second-order valence-corrected chi connectivity index (χ2v) is 51.2. The predicted octanol–water partition coefficient (Wildman–Crippen LogP) is 20.1. The summed E-state index contributed by atoms with van der Waals surface area (Å²) >= 11 is 0. The topological polar surface area (TPSA) is 165 Å². The van der Waals surface area contributed by atoms with E-state index in [1.807, 2.05) is 97.1 Å². The molecule has 0 radical (unpaired) electrons. The van der Waals surface area contributed by atoms with Crippen molar-refractivity contribution in [1.29, 1.82) is 0 Å². The normalized spacial score (nSPS) is 13.4. The lowest BCUT2D eigenvalue weighted by Crippen LogP contribution is -2.42. The molecule has 0 aliphatic carbocycles. The smallest absolute Gasteiger partial charge is 0.305 e. The van der Waals surface area contributed by atoms with Crippen LogP contribution in [0.1, 0.15) is 157 Å². The quantitative estimate of drug-likeness (QED) is 0.0228. The number of nitrogens with one attached hydrogen (secondary N) is 2. The van der Waals surface area contributed by atoms with E-state index in [0.717, 1.165) is 33.3 Å². The maximum absolute atomic E-state index is 12.2. The minimum atomic E-state index is -2.34. The molecule has 2 aliphatic heterocycles. The molecule has 0 spiro atoms. The van der Waals surface area contributed by atoms with E-state index in [-0.39, 0.29) is 71.4 Å². The zero-order valence-corrected chi connectivity index (χ0v) is 68.9. The van der Waals surface area contributed by atoms with Crippen molar-refractivity contribution in [1.82, 2.24) is 19.9 Å². The number of rotatable bonds is 26. The molecule has 3 aromatic heterocycles. The van der Waals surface area contributed by atoms with Crippen LogP contribution in [0.4, 0.5) is 0 Å². The van der Waals surface area contributed by atoms with Crippen LogP contribution in [0.5, 0.6) is 11.5 Å². The van der Waals surface area contributed by atoms with Crippen molar-refractivity contribution in [3.8, 4) is 82.1 Å². The summed E-state index contributed by atoms with van der Waals surface area (Å²) in [6.07, 6.45) is 22.6. The molecule has 0 amide bonds. The van der Waals surface area contributed by atoms with Gasteiger partial charge in [0, 0.05) is 57.3 Å². The number of ether oxygens (including phenoxy) is 4. The molecular formula is C84H110N4O10Si4. The first kappa shape index (κ1) is 81.3. The van der Waals surface area contributed by atoms with Crippen LogP contribution in [-0.4, -0.2) is 118 Å². The van der Waals surface area contributed by atoms with Gasteiger partial charge in [0.1, 0.15) is 11.5 Å². The number of nitrogens with zero attached hydrogens (tertiary/aromatic N) is 2. The molecule has 0 saturated heterocycles. The first-order chi connectivity index (χ1) is 47.7. The summed E-state index contributed by atoms with van der Waals surface area (Å²) in [5, 5.41) is -0.316. The highest BCUT2D eigenvalue weighted by Crippen LogP contribution is 2.42. The third-order valence-electron chi connectivity index (χ3n) is 20.5. The average Bonchev–Trinajstić information content (AvgIpc) is 1.62. The molecule has 0 unspecified atom stereocenters. The Kier molecular flexibility index (Phi) is 27.2. The number of H-pyrrole nitrogens is 2. The van der Waals surface area contributed by atoms with E-state index < -0.39 is 33.3 Å². The van der Waals surface area contributed by atoms with Gasteiger partial charge in [-0.05, 0) is 183 Å². The molecule has 5 aromatic rings. The third kappa shape index (κ3) is 21.1. The monoisotopic (exact) mass is 1450 g/mol. The Morgan fingerprint density at radius 3 is 1.01 bits per heavy atom. The van der Waals surface area contributed by atoms with Gasteiger partial charge in [0.05, 0.1) is 97.8 Å². The highest BCUT2D eigenvalue weighted by Gasteiger charge is 2.41.